The van der Waals surface area contributed by atoms with Crippen molar-refractivity contribution in [1.29, 1.82) is 0 Å². The van der Waals surface area contributed by atoms with Gasteiger partial charge in [-0.1, -0.05) is 15.9 Å². The molecule has 0 atom stereocenters. The maximum Gasteiger partial charge on any atom is 0.376 e. The smallest absolute Gasteiger partial charge is 0.376 e. The van der Waals surface area contributed by atoms with Gasteiger partial charge in [-0.05, 0) is 12.8 Å². The van der Waals surface area contributed by atoms with Crippen molar-refractivity contribution < 1.29 is 13.9 Å². The van der Waals surface area contributed by atoms with E-state index in [1.807, 2.05) is 0 Å². The van der Waals surface area contributed by atoms with E-state index in [1.54, 1.807) is 0 Å². The number of alkyl halides is 1. The van der Waals surface area contributed by atoms with Gasteiger partial charge < -0.3 is 9.15 Å². The largest absolute Gasteiger partial charge is 0.463 e. The second-order valence-corrected chi connectivity index (χ2v) is 3.79. The summed E-state index contributed by atoms with van der Waals surface area (Å²) in [4.78, 5) is 15.5. The average molecular weight is 260 g/mol. The Kier molecular flexibility index (Phi) is 2.58. The fraction of sp³-hybridized carbons (Fsp3) is 0.556. The van der Waals surface area contributed by atoms with E-state index < -0.39 is 5.97 Å². The lowest BCUT2D eigenvalue weighted by Gasteiger charge is -1.94. The van der Waals surface area contributed by atoms with Crippen molar-refractivity contribution in [2.45, 2.75) is 24.1 Å². The van der Waals surface area contributed by atoms with Crippen LogP contribution < -0.4 is 0 Å². The number of carbonyl (C=O) groups excluding carboxylic acids is 1. The van der Waals surface area contributed by atoms with E-state index in [0.29, 0.717) is 22.8 Å². The summed E-state index contributed by atoms with van der Waals surface area (Å²) in [6, 6.07) is 0. The van der Waals surface area contributed by atoms with Crippen LogP contribution in [0.25, 0.3) is 0 Å². The molecule has 4 nitrogen and oxygen atoms in total. The molecule has 0 saturated heterocycles. The maximum absolute atomic E-state index is 11.3. The Morgan fingerprint density at radius 3 is 2.93 bits per heavy atom. The van der Waals surface area contributed by atoms with Crippen LogP contribution in [-0.2, 0) is 10.1 Å². The molecule has 0 aromatic carbocycles. The predicted molar refractivity (Wildman–Crippen MR) is 52.4 cm³/mol. The van der Waals surface area contributed by atoms with Crippen molar-refractivity contribution >= 4 is 21.9 Å². The summed E-state index contributed by atoms with van der Waals surface area (Å²) in [5, 5.41) is 0.508. The first-order chi connectivity index (χ1) is 6.76. The number of ether oxygens (including phenoxy) is 1. The number of carbonyl (C=O) groups is 1. The molecule has 0 amide bonds. The molecule has 2 rings (SSSR count). The molecule has 1 aromatic rings. The third kappa shape index (κ3) is 1.68. The van der Waals surface area contributed by atoms with Gasteiger partial charge in [-0.2, -0.15) is 0 Å². The summed E-state index contributed by atoms with van der Waals surface area (Å²) < 4.78 is 9.97. The number of methoxy groups -OCH3 is 1. The molecule has 5 heteroatoms. The Hall–Kier alpha value is -0.840. The van der Waals surface area contributed by atoms with E-state index in [0.717, 1.165) is 12.8 Å². The lowest BCUT2D eigenvalue weighted by molar-refractivity contribution is 0.0562. The van der Waals surface area contributed by atoms with Crippen LogP contribution in [0.3, 0.4) is 0 Å². The van der Waals surface area contributed by atoms with Gasteiger partial charge in [0.05, 0.1) is 7.11 Å². The Morgan fingerprint density at radius 1 is 1.71 bits per heavy atom. The number of rotatable bonds is 3. The van der Waals surface area contributed by atoms with E-state index in [2.05, 4.69) is 25.7 Å². The van der Waals surface area contributed by atoms with Crippen LogP contribution in [0.1, 0.15) is 40.9 Å². The molecule has 0 bridgehead atoms. The summed E-state index contributed by atoms with van der Waals surface area (Å²) in [5.74, 6) is 0.844. The monoisotopic (exact) mass is 259 g/mol. The van der Waals surface area contributed by atoms with E-state index >= 15 is 0 Å². The van der Waals surface area contributed by atoms with Gasteiger partial charge in [-0.3, -0.25) is 0 Å². The molecule has 0 N–H and O–H groups in total. The van der Waals surface area contributed by atoms with Crippen molar-refractivity contribution in [2.75, 3.05) is 7.11 Å². The molecule has 0 spiro atoms. The highest BCUT2D eigenvalue weighted by atomic mass is 79.9. The number of oxazole rings is 1. The van der Waals surface area contributed by atoms with Crippen LogP contribution in [0.15, 0.2) is 4.42 Å². The van der Waals surface area contributed by atoms with Gasteiger partial charge in [0.2, 0.25) is 5.76 Å². The highest BCUT2D eigenvalue weighted by Gasteiger charge is 2.31. The zero-order valence-electron chi connectivity index (χ0n) is 7.75. The van der Waals surface area contributed by atoms with Crippen LogP contribution in [0.4, 0.5) is 0 Å². The fourth-order valence-corrected chi connectivity index (χ4v) is 1.60. The minimum Gasteiger partial charge on any atom is -0.463 e. The predicted octanol–water partition coefficient (Wildman–Crippen LogP) is 2.23. The molecule has 1 aliphatic rings. The quantitative estimate of drug-likeness (QED) is 0.617. The number of hydrogen-bond acceptors (Lipinski definition) is 4. The standard InChI is InChI=1S/C9H10BrNO3/c1-13-9(12)7-6(4-10)11-8(14-7)5-2-3-5/h5H,2-4H2,1H3. The molecular weight excluding hydrogens is 250 g/mol. The SMILES string of the molecule is COC(=O)c1oc(C2CC2)nc1CBr. The topological polar surface area (TPSA) is 52.3 Å². The maximum atomic E-state index is 11.3. The van der Waals surface area contributed by atoms with Gasteiger partial charge in [0, 0.05) is 11.2 Å². The van der Waals surface area contributed by atoms with E-state index in [-0.39, 0.29) is 5.76 Å². The van der Waals surface area contributed by atoms with Crippen molar-refractivity contribution in [1.82, 2.24) is 4.98 Å². The second kappa shape index (κ2) is 3.73. The second-order valence-electron chi connectivity index (χ2n) is 3.23. The zero-order chi connectivity index (χ0) is 10.1. The minimum absolute atomic E-state index is 0.228. The number of halogens is 1. The Bertz CT molecular complexity index is 357. The zero-order valence-corrected chi connectivity index (χ0v) is 9.33. The molecular formula is C9H10BrNO3. The lowest BCUT2D eigenvalue weighted by Crippen LogP contribution is -2.02. The van der Waals surface area contributed by atoms with Crippen LogP contribution in [0.5, 0.6) is 0 Å². The summed E-state index contributed by atoms with van der Waals surface area (Å²) >= 11 is 3.26. The molecule has 0 unspecified atom stereocenters. The normalized spacial score (nSPS) is 15.6. The first-order valence-corrected chi connectivity index (χ1v) is 5.52. The van der Waals surface area contributed by atoms with Crippen LogP contribution >= 0.6 is 15.9 Å². The van der Waals surface area contributed by atoms with Gasteiger partial charge >= 0.3 is 5.97 Å². The van der Waals surface area contributed by atoms with Gasteiger partial charge in [0.1, 0.15) is 5.69 Å². The summed E-state index contributed by atoms with van der Waals surface area (Å²) in [6.45, 7) is 0. The highest BCUT2D eigenvalue weighted by molar-refractivity contribution is 9.08. The third-order valence-corrected chi connectivity index (χ3v) is 2.67. The van der Waals surface area contributed by atoms with Crippen molar-refractivity contribution in [3.8, 4) is 0 Å². The number of hydrogen-bond donors (Lipinski definition) is 0. The molecule has 1 saturated carbocycles. The van der Waals surface area contributed by atoms with E-state index in [4.69, 9.17) is 4.42 Å². The van der Waals surface area contributed by atoms with Gasteiger partial charge in [0.25, 0.3) is 0 Å². The molecule has 1 aromatic heterocycles. The van der Waals surface area contributed by atoms with E-state index in [1.165, 1.54) is 7.11 Å². The summed E-state index contributed by atoms with van der Waals surface area (Å²) in [7, 11) is 1.33. The molecule has 14 heavy (non-hydrogen) atoms. The Labute approximate surface area is 89.8 Å². The lowest BCUT2D eigenvalue weighted by atomic mass is 10.4. The fourth-order valence-electron chi connectivity index (χ4n) is 1.22. The number of nitrogens with zero attached hydrogens (tertiary/aromatic N) is 1. The number of esters is 1. The molecule has 76 valence electrons. The Balaban J connectivity index is 2.31. The van der Waals surface area contributed by atoms with Crippen LogP contribution in [0.2, 0.25) is 0 Å². The molecule has 0 aliphatic heterocycles. The molecule has 1 aliphatic carbocycles. The van der Waals surface area contributed by atoms with Crippen LogP contribution in [0, 0.1) is 0 Å². The van der Waals surface area contributed by atoms with Crippen molar-refractivity contribution in [3.05, 3.63) is 17.3 Å². The highest BCUT2D eigenvalue weighted by Crippen LogP contribution is 2.40. The molecule has 0 radical (unpaired) electrons. The minimum atomic E-state index is -0.459. The van der Waals surface area contributed by atoms with Gasteiger partial charge in [-0.15, -0.1) is 0 Å². The van der Waals surface area contributed by atoms with Crippen molar-refractivity contribution in [2.24, 2.45) is 0 Å². The molecule has 1 heterocycles. The summed E-state index contributed by atoms with van der Waals surface area (Å²) in [6.07, 6.45) is 2.20. The summed E-state index contributed by atoms with van der Waals surface area (Å²) in [5.41, 5.74) is 0.624. The van der Waals surface area contributed by atoms with Crippen molar-refractivity contribution in [3.63, 3.8) is 0 Å². The number of aromatic nitrogens is 1. The van der Waals surface area contributed by atoms with Crippen LogP contribution in [-0.4, -0.2) is 18.1 Å². The first kappa shape index (κ1) is 9.71. The first-order valence-electron chi connectivity index (χ1n) is 4.40. The Morgan fingerprint density at radius 2 is 2.43 bits per heavy atom. The van der Waals surface area contributed by atoms with Gasteiger partial charge in [0.15, 0.2) is 5.89 Å². The van der Waals surface area contributed by atoms with Gasteiger partial charge in [-0.25, -0.2) is 9.78 Å². The average Bonchev–Trinajstić information content (AvgIpc) is 2.97. The molecule has 1 fully saturated rings. The third-order valence-electron chi connectivity index (χ3n) is 2.14. The van der Waals surface area contributed by atoms with E-state index in [9.17, 15) is 4.79 Å².